The molecule has 0 aliphatic rings. The van der Waals surface area contributed by atoms with Gasteiger partial charge in [0.1, 0.15) is 13.2 Å². The SMILES string of the molecule is O=C([O-])COO.O=C([O-])COO.[Cl-].[Cl-].[Ru+4]. The van der Waals surface area contributed by atoms with Crippen molar-refractivity contribution in [1.82, 2.24) is 0 Å². The fourth-order valence-corrected chi connectivity index (χ4v) is 0.105. The molecule has 0 rings (SSSR count). The molecule has 15 heavy (non-hydrogen) atoms. The Morgan fingerprint density at radius 2 is 1.13 bits per heavy atom. The zero-order valence-electron chi connectivity index (χ0n) is 6.87. The quantitative estimate of drug-likeness (QED) is 0.288. The van der Waals surface area contributed by atoms with Crippen LogP contribution in [0.2, 0.25) is 0 Å². The van der Waals surface area contributed by atoms with Gasteiger partial charge in [-0.1, -0.05) is 0 Å². The van der Waals surface area contributed by atoms with E-state index in [4.69, 9.17) is 10.5 Å². The van der Waals surface area contributed by atoms with Crippen molar-refractivity contribution in [3.8, 4) is 0 Å². The predicted molar refractivity (Wildman–Crippen MR) is 27.2 cm³/mol. The van der Waals surface area contributed by atoms with Gasteiger partial charge in [0.15, 0.2) is 0 Å². The second-order valence-electron chi connectivity index (χ2n) is 1.29. The first-order valence-corrected chi connectivity index (χ1v) is 2.47. The molecule has 0 atom stereocenters. The van der Waals surface area contributed by atoms with E-state index in [1.165, 1.54) is 0 Å². The van der Waals surface area contributed by atoms with Gasteiger partial charge in [0, 0.05) is 0 Å². The number of halogens is 2. The van der Waals surface area contributed by atoms with E-state index < -0.39 is 25.2 Å². The number of carboxylic acid groups (broad SMARTS) is 2. The minimum atomic E-state index is -1.43. The van der Waals surface area contributed by atoms with Crippen LogP contribution in [0, 0.1) is 0 Å². The molecule has 0 saturated heterocycles. The Morgan fingerprint density at radius 1 is 0.933 bits per heavy atom. The molecule has 0 radical (unpaired) electrons. The maximum Gasteiger partial charge on any atom is 4.00 e. The first-order valence-electron chi connectivity index (χ1n) is 2.47. The van der Waals surface area contributed by atoms with Crippen molar-refractivity contribution in [2.75, 3.05) is 13.2 Å². The van der Waals surface area contributed by atoms with Gasteiger partial charge >= 0.3 is 19.5 Å². The predicted octanol–water partition coefficient (Wildman–Crippen LogP) is -9.54. The zero-order chi connectivity index (χ0) is 9.98. The number of carboxylic acids is 2. The molecule has 0 aliphatic heterocycles. The van der Waals surface area contributed by atoms with Crippen molar-refractivity contribution in [2.24, 2.45) is 0 Å². The molecule has 0 spiro atoms. The van der Waals surface area contributed by atoms with Crippen LogP contribution in [0.5, 0.6) is 0 Å². The number of hydrogen-bond acceptors (Lipinski definition) is 8. The Bertz CT molecular complexity index is 129. The Balaban J connectivity index is -0.0000000370. The molecular formula is C4H6Cl2O8Ru. The molecule has 0 unspecified atom stereocenters. The maximum atomic E-state index is 9.20. The molecule has 0 heterocycles. The Hall–Kier alpha value is -0.0166. The van der Waals surface area contributed by atoms with E-state index in [0.717, 1.165) is 0 Å². The van der Waals surface area contributed by atoms with E-state index in [-0.39, 0.29) is 44.3 Å². The molecule has 0 aromatic carbocycles. The standard InChI is InChI=1S/2C2H4O4.2ClH.Ru/c2*3-2(4)1-6-5;;;/h2*5H,1H2,(H,3,4);2*1H;/q;;;;+4/p-4. The van der Waals surface area contributed by atoms with Gasteiger partial charge in [0.05, 0.1) is 11.9 Å². The number of carbonyl (C=O) groups excluding carboxylic acids is 2. The molecule has 0 aliphatic carbocycles. The van der Waals surface area contributed by atoms with Crippen LogP contribution in [-0.2, 0) is 38.8 Å². The molecule has 11 heteroatoms. The Labute approximate surface area is 110 Å². The first kappa shape index (κ1) is 29.4. The summed E-state index contributed by atoms with van der Waals surface area (Å²) in [6.07, 6.45) is 0. The largest absolute Gasteiger partial charge is 4.00 e. The molecule has 8 nitrogen and oxygen atoms in total. The maximum absolute atomic E-state index is 9.20. The monoisotopic (exact) mass is 354 g/mol. The Morgan fingerprint density at radius 3 is 1.13 bits per heavy atom. The summed E-state index contributed by atoms with van der Waals surface area (Å²) in [5.41, 5.74) is 0. The Kier molecular flexibility index (Phi) is 46.3. The second-order valence-corrected chi connectivity index (χ2v) is 1.29. The van der Waals surface area contributed by atoms with Crippen LogP contribution >= 0.6 is 0 Å². The molecule has 0 aromatic rings. The van der Waals surface area contributed by atoms with Crippen molar-refractivity contribution in [2.45, 2.75) is 0 Å². The van der Waals surface area contributed by atoms with E-state index in [1.54, 1.807) is 0 Å². The fourth-order valence-electron chi connectivity index (χ4n) is 0.105. The van der Waals surface area contributed by atoms with Crippen LogP contribution in [0.25, 0.3) is 0 Å². The van der Waals surface area contributed by atoms with Crippen LogP contribution in [-0.4, -0.2) is 35.7 Å². The first-order chi connectivity index (χ1) is 5.54. The van der Waals surface area contributed by atoms with Crippen molar-refractivity contribution in [1.29, 1.82) is 0 Å². The third kappa shape index (κ3) is 56.1. The van der Waals surface area contributed by atoms with Gasteiger partial charge in [0.25, 0.3) is 0 Å². The van der Waals surface area contributed by atoms with Gasteiger partial charge in [0.2, 0.25) is 0 Å². The summed E-state index contributed by atoms with van der Waals surface area (Å²) in [5.74, 6) is -2.87. The molecule has 0 saturated carbocycles. The minimum absolute atomic E-state index is 0. The van der Waals surface area contributed by atoms with Gasteiger partial charge in [-0.05, 0) is 0 Å². The summed E-state index contributed by atoms with van der Waals surface area (Å²) in [7, 11) is 0. The second kappa shape index (κ2) is 23.7. The third-order valence-corrected chi connectivity index (χ3v) is 0.365. The topological polar surface area (TPSA) is 139 Å². The molecule has 0 amide bonds. The minimum Gasteiger partial charge on any atom is -1.00 e. The van der Waals surface area contributed by atoms with Crippen molar-refractivity contribution >= 4 is 11.9 Å². The average Bonchev–Trinajstić information content (AvgIpc) is 1.87. The normalized spacial score (nSPS) is 6.53. The van der Waals surface area contributed by atoms with Gasteiger partial charge in [-0.15, -0.1) is 0 Å². The van der Waals surface area contributed by atoms with Crippen LogP contribution < -0.4 is 35.0 Å². The van der Waals surface area contributed by atoms with E-state index in [0.29, 0.717) is 0 Å². The van der Waals surface area contributed by atoms with Crippen LogP contribution in [0.15, 0.2) is 0 Å². The molecule has 0 fully saturated rings. The number of aliphatic carboxylic acids is 2. The van der Waals surface area contributed by atoms with E-state index in [2.05, 4.69) is 9.78 Å². The smallest absolute Gasteiger partial charge is 1.00 e. The van der Waals surface area contributed by atoms with Gasteiger partial charge < -0.3 is 44.6 Å². The fraction of sp³-hybridized carbons (Fsp3) is 0.500. The number of rotatable bonds is 4. The van der Waals surface area contributed by atoms with E-state index in [9.17, 15) is 19.8 Å². The summed E-state index contributed by atoms with van der Waals surface area (Å²) >= 11 is 0. The molecule has 2 N–H and O–H groups in total. The van der Waals surface area contributed by atoms with Gasteiger partial charge in [-0.25, -0.2) is 9.78 Å². The summed E-state index contributed by atoms with van der Waals surface area (Å²) in [6, 6.07) is 0. The van der Waals surface area contributed by atoms with Crippen molar-refractivity contribution in [3.63, 3.8) is 0 Å². The van der Waals surface area contributed by atoms with E-state index >= 15 is 0 Å². The summed E-state index contributed by atoms with van der Waals surface area (Å²) < 4.78 is 0. The van der Waals surface area contributed by atoms with Crippen LogP contribution in [0.3, 0.4) is 0 Å². The molecule has 92 valence electrons. The zero-order valence-corrected chi connectivity index (χ0v) is 10.1. The molecule has 0 bridgehead atoms. The average molecular weight is 354 g/mol. The third-order valence-electron chi connectivity index (χ3n) is 0.365. The van der Waals surface area contributed by atoms with Crippen molar-refractivity contribution in [3.05, 3.63) is 0 Å². The van der Waals surface area contributed by atoms with Crippen molar-refractivity contribution < 1.29 is 84.4 Å². The van der Waals surface area contributed by atoms with Crippen LogP contribution in [0.1, 0.15) is 0 Å². The summed E-state index contributed by atoms with van der Waals surface area (Å²) in [4.78, 5) is 24.7. The summed E-state index contributed by atoms with van der Waals surface area (Å²) in [6.45, 7) is -1.53. The number of hydrogen-bond donors (Lipinski definition) is 2. The summed E-state index contributed by atoms with van der Waals surface area (Å²) in [5, 5.41) is 33.0. The van der Waals surface area contributed by atoms with E-state index in [1.807, 2.05) is 0 Å². The van der Waals surface area contributed by atoms with Gasteiger partial charge in [-0.3, -0.25) is 10.5 Å². The molecular weight excluding hydrogens is 348 g/mol. The molecule has 0 aromatic heterocycles. The number of carbonyl (C=O) groups is 2. The van der Waals surface area contributed by atoms with Gasteiger partial charge in [-0.2, -0.15) is 0 Å². The van der Waals surface area contributed by atoms with Crippen LogP contribution in [0.4, 0.5) is 0 Å².